The molecule has 1 heterocycles. The van der Waals surface area contributed by atoms with E-state index >= 15 is 0 Å². The summed E-state index contributed by atoms with van der Waals surface area (Å²) in [5.41, 5.74) is 2.87. The summed E-state index contributed by atoms with van der Waals surface area (Å²) < 4.78 is 5.80. The molecule has 0 radical (unpaired) electrons. The first kappa shape index (κ1) is 10.1. The number of aryl methyl sites for hydroxylation is 2. The Balaban J connectivity index is 1.75. The number of ether oxygens (including phenoxy) is 1. The van der Waals surface area contributed by atoms with Gasteiger partial charge in [0.15, 0.2) is 0 Å². The molecule has 2 N–H and O–H groups in total. The Kier molecular flexibility index (Phi) is 2.58. The highest BCUT2D eigenvalue weighted by Gasteiger charge is 2.26. The Morgan fingerprint density at radius 3 is 2.88 bits per heavy atom. The lowest BCUT2D eigenvalue weighted by Gasteiger charge is -2.16. The summed E-state index contributed by atoms with van der Waals surface area (Å²) in [6.45, 7) is 1.37. The van der Waals surface area contributed by atoms with Crippen molar-refractivity contribution in [1.29, 1.82) is 0 Å². The van der Waals surface area contributed by atoms with Gasteiger partial charge in [-0.1, -0.05) is 6.07 Å². The molecule has 0 unspecified atom stereocenters. The van der Waals surface area contributed by atoms with E-state index in [9.17, 15) is 5.11 Å². The van der Waals surface area contributed by atoms with E-state index in [0.29, 0.717) is 6.54 Å². The van der Waals surface area contributed by atoms with Crippen molar-refractivity contribution in [3.8, 4) is 5.75 Å². The van der Waals surface area contributed by atoms with Crippen LogP contribution in [0, 0.1) is 0 Å². The number of fused-ring (bicyclic) bond motifs is 1. The molecule has 3 rings (SSSR count). The van der Waals surface area contributed by atoms with E-state index in [-0.39, 0.29) is 12.2 Å². The largest absolute Gasteiger partial charge is 0.486 e. The second kappa shape index (κ2) is 4.07. The molecule has 1 aliphatic heterocycles. The van der Waals surface area contributed by atoms with Crippen molar-refractivity contribution in [2.75, 3.05) is 13.1 Å². The lowest BCUT2D eigenvalue weighted by molar-refractivity contribution is 0.0737. The zero-order valence-electron chi connectivity index (χ0n) is 9.28. The fourth-order valence-corrected chi connectivity index (χ4v) is 2.56. The number of hydrogen-bond donors (Lipinski definition) is 2. The van der Waals surface area contributed by atoms with Crippen molar-refractivity contribution >= 4 is 0 Å². The summed E-state index contributed by atoms with van der Waals surface area (Å²) in [5.74, 6) is 0.897. The Morgan fingerprint density at radius 1 is 1.19 bits per heavy atom. The third-order valence-electron chi connectivity index (χ3n) is 3.49. The molecule has 1 saturated heterocycles. The van der Waals surface area contributed by atoms with Gasteiger partial charge in [0.25, 0.3) is 0 Å². The zero-order valence-corrected chi connectivity index (χ0v) is 9.28. The van der Waals surface area contributed by atoms with Crippen LogP contribution in [0.2, 0.25) is 0 Å². The second-order valence-corrected chi connectivity index (χ2v) is 4.67. The van der Waals surface area contributed by atoms with Gasteiger partial charge in [0.2, 0.25) is 0 Å². The van der Waals surface area contributed by atoms with Crippen LogP contribution in [0.5, 0.6) is 5.75 Å². The van der Waals surface area contributed by atoms with Gasteiger partial charge in [-0.2, -0.15) is 0 Å². The predicted octanol–water partition coefficient (Wildman–Crippen LogP) is 0.887. The Morgan fingerprint density at radius 2 is 2.06 bits per heavy atom. The topological polar surface area (TPSA) is 41.5 Å². The molecule has 0 aromatic heterocycles. The normalized spacial score (nSPS) is 28.1. The summed E-state index contributed by atoms with van der Waals surface area (Å²) in [6.07, 6.45) is 3.14. The van der Waals surface area contributed by atoms with Crippen molar-refractivity contribution in [3.05, 3.63) is 29.3 Å². The van der Waals surface area contributed by atoms with E-state index in [2.05, 4.69) is 17.4 Å². The quantitative estimate of drug-likeness (QED) is 0.776. The number of hydrogen-bond acceptors (Lipinski definition) is 3. The van der Waals surface area contributed by atoms with Crippen LogP contribution in [0.15, 0.2) is 18.2 Å². The SMILES string of the molecule is O[C@@H]1CNC[C@H]1Oc1ccc2c(c1)CCC2. The highest BCUT2D eigenvalue weighted by molar-refractivity contribution is 5.38. The Labute approximate surface area is 95.4 Å². The van der Waals surface area contributed by atoms with Gasteiger partial charge in [0.1, 0.15) is 18.0 Å². The molecule has 1 fully saturated rings. The molecule has 16 heavy (non-hydrogen) atoms. The monoisotopic (exact) mass is 219 g/mol. The summed E-state index contributed by atoms with van der Waals surface area (Å²) >= 11 is 0. The maximum atomic E-state index is 9.66. The average molecular weight is 219 g/mol. The lowest BCUT2D eigenvalue weighted by Crippen LogP contribution is -2.29. The third-order valence-corrected chi connectivity index (χ3v) is 3.49. The molecular weight excluding hydrogens is 202 g/mol. The maximum absolute atomic E-state index is 9.66. The minimum atomic E-state index is -0.381. The van der Waals surface area contributed by atoms with Gasteiger partial charge in [0.05, 0.1) is 0 Å². The standard InChI is InChI=1S/C13H17NO2/c15-12-7-14-8-13(12)16-11-5-4-9-2-1-3-10(9)6-11/h4-6,12-15H,1-3,7-8H2/t12-,13-/m1/s1. The van der Waals surface area contributed by atoms with Crippen LogP contribution < -0.4 is 10.1 Å². The summed E-state index contributed by atoms with van der Waals surface area (Å²) in [5, 5.41) is 12.8. The first-order chi connectivity index (χ1) is 7.83. The number of benzene rings is 1. The van der Waals surface area contributed by atoms with Gasteiger partial charge in [0, 0.05) is 13.1 Å². The number of β-amino-alcohol motifs (C(OH)–C–C–N with tert-alkyl or cyclic N) is 1. The minimum absolute atomic E-state index is 0.0977. The maximum Gasteiger partial charge on any atom is 0.138 e. The van der Waals surface area contributed by atoms with E-state index in [1.807, 2.05) is 6.07 Å². The Bertz CT molecular complexity index is 392. The van der Waals surface area contributed by atoms with E-state index < -0.39 is 0 Å². The molecule has 2 atom stereocenters. The van der Waals surface area contributed by atoms with Crippen LogP contribution in [0.3, 0.4) is 0 Å². The van der Waals surface area contributed by atoms with E-state index in [1.54, 1.807) is 0 Å². The molecule has 1 aliphatic carbocycles. The second-order valence-electron chi connectivity index (χ2n) is 4.67. The number of rotatable bonds is 2. The van der Waals surface area contributed by atoms with Gasteiger partial charge >= 0.3 is 0 Å². The molecule has 86 valence electrons. The lowest BCUT2D eigenvalue weighted by atomic mass is 10.1. The van der Waals surface area contributed by atoms with Crippen LogP contribution in [0.1, 0.15) is 17.5 Å². The van der Waals surface area contributed by atoms with E-state index in [4.69, 9.17) is 4.74 Å². The molecule has 1 aromatic rings. The van der Waals surface area contributed by atoms with Gasteiger partial charge in [-0.3, -0.25) is 0 Å². The first-order valence-corrected chi connectivity index (χ1v) is 6.00. The smallest absolute Gasteiger partial charge is 0.138 e. The van der Waals surface area contributed by atoms with Crippen LogP contribution in [-0.4, -0.2) is 30.4 Å². The highest BCUT2D eigenvalue weighted by Crippen LogP contribution is 2.27. The minimum Gasteiger partial charge on any atom is -0.486 e. The molecule has 1 aromatic carbocycles. The average Bonchev–Trinajstić information content (AvgIpc) is 2.88. The number of aliphatic hydroxyl groups excluding tert-OH is 1. The van der Waals surface area contributed by atoms with Crippen LogP contribution in [0.4, 0.5) is 0 Å². The van der Waals surface area contributed by atoms with Crippen molar-refractivity contribution in [2.24, 2.45) is 0 Å². The predicted molar refractivity (Wildman–Crippen MR) is 61.8 cm³/mol. The molecular formula is C13H17NO2. The molecule has 0 spiro atoms. The fourth-order valence-electron chi connectivity index (χ4n) is 2.56. The van der Waals surface area contributed by atoms with Gasteiger partial charge < -0.3 is 15.2 Å². The van der Waals surface area contributed by atoms with Crippen molar-refractivity contribution < 1.29 is 9.84 Å². The summed E-state index contributed by atoms with van der Waals surface area (Å²) in [6, 6.07) is 6.31. The fraction of sp³-hybridized carbons (Fsp3) is 0.538. The molecule has 0 bridgehead atoms. The summed E-state index contributed by atoms with van der Waals surface area (Å²) in [4.78, 5) is 0. The third kappa shape index (κ3) is 1.81. The number of aliphatic hydroxyl groups is 1. The Hall–Kier alpha value is -1.06. The molecule has 0 saturated carbocycles. The van der Waals surface area contributed by atoms with Gasteiger partial charge in [-0.25, -0.2) is 0 Å². The highest BCUT2D eigenvalue weighted by atomic mass is 16.5. The zero-order chi connectivity index (χ0) is 11.0. The van der Waals surface area contributed by atoms with Gasteiger partial charge in [-0.15, -0.1) is 0 Å². The molecule has 3 heteroatoms. The molecule has 2 aliphatic rings. The van der Waals surface area contributed by atoms with Crippen LogP contribution >= 0.6 is 0 Å². The van der Waals surface area contributed by atoms with Crippen molar-refractivity contribution in [2.45, 2.75) is 31.5 Å². The van der Waals surface area contributed by atoms with Crippen molar-refractivity contribution in [1.82, 2.24) is 5.32 Å². The van der Waals surface area contributed by atoms with E-state index in [0.717, 1.165) is 18.7 Å². The van der Waals surface area contributed by atoms with E-state index in [1.165, 1.54) is 24.0 Å². The molecule has 3 nitrogen and oxygen atoms in total. The van der Waals surface area contributed by atoms with Crippen LogP contribution in [0.25, 0.3) is 0 Å². The molecule has 0 amide bonds. The first-order valence-electron chi connectivity index (χ1n) is 6.00. The summed E-state index contributed by atoms with van der Waals surface area (Å²) in [7, 11) is 0. The van der Waals surface area contributed by atoms with Gasteiger partial charge in [-0.05, 0) is 42.5 Å². The van der Waals surface area contributed by atoms with Crippen LogP contribution in [-0.2, 0) is 12.8 Å². The van der Waals surface area contributed by atoms with Crippen molar-refractivity contribution in [3.63, 3.8) is 0 Å². The number of nitrogens with one attached hydrogen (secondary N) is 1.